The summed E-state index contributed by atoms with van der Waals surface area (Å²) in [6.07, 6.45) is 5.51. The van der Waals surface area contributed by atoms with Crippen molar-refractivity contribution in [3.8, 4) is 24.2 Å². The maximum absolute atomic E-state index is 13.3. The van der Waals surface area contributed by atoms with E-state index in [0.717, 1.165) is 11.1 Å². The molecule has 3 rings (SSSR count). The topological polar surface area (TPSA) is 49.3 Å². The summed E-state index contributed by atoms with van der Waals surface area (Å²) >= 11 is 6.18. The van der Waals surface area contributed by atoms with Crippen LogP contribution >= 0.6 is 11.6 Å². The molecule has 0 saturated carbocycles. The summed E-state index contributed by atoms with van der Waals surface area (Å²) in [5.41, 5.74) is 1.28. The van der Waals surface area contributed by atoms with Gasteiger partial charge >= 0.3 is 0 Å². The molecule has 4 heteroatoms. The molecule has 0 bridgehead atoms. The molecular weight excluding hydrogens is 430 g/mol. The van der Waals surface area contributed by atoms with Crippen molar-refractivity contribution in [1.82, 2.24) is 0 Å². The number of aryl methyl sites for hydroxylation is 1. The molecule has 1 amide bonds. The zero-order chi connectivity index (χ0) is 24.1. The summed E-state index contributed by atoms with van der Waals surface area (Å²) in [6.45, 7) is 5.94. The van der Waals surface area contributed by atoms with Crippen LogP contribution in [0.2, 0.25) is 5.02 Å². The minimum Gasteiger partial charge on any atom is -0.369 e. The minimum absolute atomic E-state index is 0.0882. The van der Waals surface area contributed by atoms with Gasteiger partial charge in [0.05, 0.1) is 5.02 Å². The second-order valence-electron chi connectivity index (χ2n) is 8.70. The van der Waals surface area contributed by atoms with Gasteiger partial charge < -0.3 is 10.4 Å². The van der Waals surface area contributed by atoms with Crippen molar-refractivity contribution >= 4 is 23.2 Å². The highest BCUT2D eigenvalue weighted by Gasteiger charge is 2.40. The lowest BCUT2D eigenvalue weighted by Crippen LogP contribution is -2.46. The molecule has 0 spiro atoms. The number of terminal acetylenes is 1. The fourth-order valence-corrected chi connectivity index (χ4v) is 3.80. The van der Waals surface area contributed by atoms with E-state index in [0.29, 0.717) is 21.8 Å². The van der Waals surface area contributed by atoms with E-state index in [-0.39, 0.29) is 6.42 Å². The largest absolute Gasteiger partial charge is 0.369 e. The number of halogens is 1. The van der Waals surface area contributed by atoms with E-state index < -0.39 is 16.9 Å². The van der Waals surface area contributed by atoms with Gasteiger partial charge in [-0.3, -0.25) is 4.79 Å². The van der Waals surface area contributed by atoms with Gasteiger partial charge in [0.15, 0.2) is 0 Å². The zero-order valence-corrected chi connectivity index (χ0v) is 19.7. The normalized spacial score (nSPS) is 12.6. The second kappa shape index (κ2) is 9.97. The molecule has 0 aliphatic rings. The van der Waals surface area contributed by atoms with Crippen LogP contribution in [0.3, 0.4) is 0 Å². The van der Waals surface area contributed by atoms with Gasteiger partial charge in [-0.05, 0) is 48.2 Å². The van der Waals surface area contributed by atoms with Crippen LogP contribution in [-0.4, -0.2) is 16.6 Å². The first kappa shape index (κ1) is 24.1. The van der Waals surface area contributed by atoms with Crippen LogP contribution in [0.4, 0.5) is 5.69 Å². The van der Waals surface area contributed by atoms with Gasteiger partial charge in [0.2, 0.25) is 5.60 Å². The molecule has 3 nitrogen and oxygen atoms in total. The van der Waals surface area contributed by atoms with E-state index in [9.17, 15) is 9.90 Å². The van der Waals surface area contributed by atoms with Gasteiger partial charge in [-0.2, -0.15) is 0 Å². The molecule has 0 saturated heterocycles. The predicted octanol–water partition coefficient (Wildman–Crippen LogP) is 5.72. The Morgan fingerprint density at radius 2 is 1.73 bits per heavy atom. The van der Waals surface area contributed by atoms with Crippen LogP contribution in [0.1, 0.15) is 42.5 Å². The molecule has 0 heterocycles. The third-order valence-corrected chi connectivity index (χ3v) is 5.79. The SMILES string of the molecule is C#Cc1ccc(NC(=O)C(O)(C#Cc2ccc(C)cc2)CC(C)(C)c2ccccc2)cc1Cl. The number of nitrogens with one attached hydrogen (secondary N) is 1. The van der Waals surface area contributed by atoms with Gasteiger partial charge in [0.25, 0.3) is 5.91 Å². The average Bonchev–Trinajstić information content (AvgIpc) is 2.79. The van der Waals surface area contributed by atoms with Gasteiger partial charge in [-0.25, -0.2) is 0 Å². The van der Waals surface area contributed by atoms with Crippen molar-refractivity contribution in [2.45, 2.75) is 38.2 Å². The van der Waals surface area contributed by atoms with Crippen molar-refractivity contribution < 1.29 is 9.90 Å². The predicted molar refractivity (Wildman–Crippen MR) is 135 cm³/mol. The second-order valence-corrected chi connectivity index (χ2v) is 9.10. The highest BCUT2D eigenvalue weighted by molar-refractivity contribution is 6.32. The first-order valence-electron chi connectivity index (χ1n) is 10.6. The Kier molecular flexibility index (Phi) is 7.29. The van der Waals surface area contributed by atoms with Gasteiger partial charge in [-0.1, -0.05) is 91.2 Å². The summed E-state index contributed by atoms with van der Waals surface area (Å²) < 4.78 is 0. The number of benzene rings is 3. The van der Waals surface area contributed by atoms with Gasteiger partial charge in [0, 0.05) is 23.2 Å². The lowest BCUT2D eigenvalue weighted by atomic mass is 9.75. The summed E-state index contributed by atoms with van der Waals surface area (Å²) in [7, 11) is 0. The van der Waals surface area contributed by atoms with Crippen LogP contribution in [0.25, 0.3) is 0 Å². The van der Waals surface area contributed by atoms with E-state index in [1.54, 1.807) is 18.2 Å². The fraction of sp³-hybridized carbons (Fsp3) is 0.207. The molecule has 33 heavy (non-hydrogen) atoms. The number of carbonyl (C=O) groups is 1. The highest BCUT2D eigenvalue weighted by Crippen LogP contribution is 2.33. The maximum Gasteiger partial charge on any atom is 0.269 e. The van der Waals surface area contributed by atoms with Crippen LogP contribution in [0.5, 0.6) is 0 Å². The standard InChI is InChI=1S/C29H26ClNO2/c1-5-23-15-16-25(19-26(23)30)31-27(32)29(33,18-17-22-13-11-21(2)12-14-22)20-28(3,4)24-9-7-6-8-10-24/h1,6-16,19,33H,20H2,2-4H3,(H,31,32). The van der Waals surface area contributed by atoms with Crippen LogP contribution in [0.15, 0.2) is 72.8 Å². The average molecular weight is 456 g/mol. The fourth-order valence-electron chi connectivity index (χ4n) is 3.57. The van der Waals surface area contributed by atoms with E-state index in [2.05, 4.69) is 23.1 Å². The molecule has 0 aliphatic heterocycles. The molecule has 0 aromatic heterocycles. The van der Waals surface area contributed by atoms with E-state index in [1.807, 2.05) is 75.4 Å². The van der Waals surface area contributed by atoms with E-state index >= 15 is 0 Å². The number of hydrogen-bond donors (Lipinski definition) is 2. The Labute approximate surface area is 200 Å². The molecule has 0 radical (unpaired) electrons. The van der Waals surface area contributed by atoms with Crippen LogP contribution < -0.4 is 5.32 Å². The van der Waals surface area contributed by atoms with Crippen LogP contribution in [-0.2, 0) is 10.2 Å². The lowest BCUT2D eigenvalue weighted by Gasteiger charge is -2.32. The van der Waals surface area contributed by atoms with Gasteiger partial charge in [-0.15, -0.1) is 6.42 Å². The number of rotatable bonds is 5. The minimum atomic E-state index is -1.96. The third-order valence-electron chi connectivity index (χ3n) is 5.48. The molecule has 2 N–H and O–H groups in total. The molecule has 3 aromatic rings. The van der Waals surface area contributed by atoms with Crippen molar-refractivity contribution in [3.63, 3.8) is 0 Å². The van der Waals surface area contributed by atoms with Crippen LogP contribution in [0, 0.1) is 31.1 Å². The monoisotopic (exact) mass is 455 g/mol. The molecule has 166 valence electrons. The molecule has 1 atom stereocenters. The quantitative estimate of drug-likeness (QED) is 0.483. The summed E-state index contributed by atoms with van der Waals surface area (Å²) in [5, 5.41) is 14.7. The first-order valence-corrected chi connectivity index (χ1v) is 11.0. The number of anilines is 1. The lowest BCUT2D eigenvalue weighted by molar-refractivity contribution is -0.130. The molecule has 0 fully saturated rings. The number of hydrogen-bond acceptors (Lipinski definition) is 2. The molecular formula is C29H26ClNO2. The highest BCUT2D eigenvalue weighted by atomic mass is 35.5. The maximum atomic E-state index is 13.3. The Bertz CT molecular complexity index is 1240. The van der Waals surface area contributed by atoms with Crippen molar-refractivity contribution in [2.24, 2.45) is 0 Å². The van der Waals surface area contributed by atoms with E-state index in [1.165, 1.54) is 0 Å². The smallest absolute Gasteiger partial charge is 0.269 e. The van der Waals surface area contributed by atoms with Gasteiger partial charge in [0.1, 0.15) is 0 Å². The van der Waals surface area contributed by atoms with Crippen molar-refractivity contribution in [1.29, 1.82) is 0 Å². The first-order chi connectivity index (χ1) is 15.6. The Morgan fingerprint density at radius 1 is 1.06 bits per heavy atom. The molecule has 1 unspecified atom stereocenters. The number of aliphatic hydroxyl groups is 1. The Hall–Kier alpha value is -3.50. The number of amides is 1. The van der Waals surface area contributed by atoms with Crippen molar-refractivity contribution in [2.75, 3.05) is 5.32 Å². The van der Waals surface area contributed by atoms with Crippen molar-refractivity contribution in [3.05, 3.63) is 100 Å². The summed E-state index contributed by atoms with van der Waals surface area (Å²) in [5.74, 6) is 7.66. The summed E-state index contributed by atoms with van der Waals surface area (Å²) in [4.78, 5) is 13.3. The Morgan fingerprint density at radius 3 is 2.33 bits per heavy atom. The van der Waals surface area contributed by atoms with E-state index in [4.69, 9.17) is 18.0 Å². The summed E-state index contributed by atoms with van der Waals surface area (Å²) in [6, 6.07) is 22.2. The Balaban J connectivity index is 1.97. The molecule has 0 aliphatic carbocycles. The number of carbonyl (C=O) groups excluding carboxylic acids is 1. The zero-order valence-electron chi connectivity index (χ0n) is 18.9. The molecule has 3 aromatic carbocycles. The third kappa shape index (κ3) is 6.05.